The molecule has 0 fully saturated rings. The molecule has 15 heavy (non-hydrogen) atoms. The lowest BCUT2D eigenvalue weighted by atomic mass is 10.2. The number of H-pyrrole nitrogens is 1. The molecule has 2 aromatic rings. The van der Waals surface area contributed by atoms with E-state index < -0.39 is 0 Å². The molecule has 0 saturated heterocycles. The quantitative estimate of drug-likeness (QED) is 0.830. The van der Waals surface area contributed by atoms with Gasteiger partial charge in [-0.15, -0.1) is 11.3 Å². The average Bonchev–Trinajstić information content (AvgIpc) is 2.86. The molecule has 0 aliphatic carbocycles. The van der Waals surface area contributed by atoms with Crippen LogP contribution in [0, 0.1) is 0 Å². The first-order valence-electron chi connectivity index (χ1n) is 4.66. The number of carbonyl (C=O) groups excluding carboxylic acids is 1. The maximum absolute atomic E-state index is 11.4. The fraction of sp³-hybridized carbons (Fsp3) is 0.200. The van der Waals surface area contributed by atoms with Gasteiger partial charge in [0.25, 0.3) is 0 Å². The van der Waals surface area contributed by atoms with Crippen LogP contribution in [0.25, 0.3) is 0 Å². The molecule has 0 radical (unpaired) electrons. The second kappa shape index (κ2) is 4.75. The van der Waals surface area contributed by atoms with E-state index in [1.807, 2.05) is 17.5 Å². The van der Waals surface area contributed by atoms with Crippen LogP contribution in [0.2, 0.25) is 0 Å². The number of hydrogen-bond donors (Lipinski definition) is 2. The zero-order valence-electron chi connectivity index (χ0n) is 8.06. The Bertz CT molecular complexity index is 408. The normalized spacial score (nSPS) is 10.1. The number of nitrogens with one attached hydrogen (secondary N) is 2. The highest BCUT2D eigenvalue weighted by molar-refractivity contribution is 7.09. The monoisotopic (exact) mass is 221 g/mol. The van der Waals surface area contributed by atoms with Crippen molar-refractivity contribution in [2.24, 2.45) is 0 Å². The van der Waals surface area contributed by atoms with Crippen LogP contribution in [0.4, 0.5) is 5.95 Å². The lowest BCUT2D eigenvalue weighted by Gasteiger charge is -2.00. The number of rotatable bonds is 4. The summed E-state index contributed by atoms with van der Waals surface area (Å²) in [6, 6.07) is 4.02. The topological polar surface area (TPSA) is 57.8 Å². The van der Waals surface area contributed by atoms with Gasteiger partial charge in [0.15, 0.2) is 0 Å². The second-order valence-electron chi connectivity index (χ2n) is 3.07. The molecule has 0 bridgehead atoms. The highest BCUT2D eigenvalue weighted by atomic mass is 32.1. The minimum absolute atomic E-state index is 0.0154. The molecular weight excluding hydrogens is 210 g/mol. The van der Waals surface area contributed by atoms with Crippen LogP contribution in [0.15, 0.2) is 29.9 Å². The number of aromatic amines is 1. The molecule has 0 unspecified atom stereocenters. The summed E-state index contributed by atoms with van der Waals surface area (Å²) in [4.78, 5) is 19.4. The van der Waals surface area contributed by atoms with Crippen LogP contribution in [-0.4, -0.2) is 15.9 Å². The summed E-state index contributed by atoms with van der Waals surface area (Å²) in [6.45, 7) is 0. The molecule has 5 heteroatoms. The summed E-state index contributed by atoms with van der Waals surface area (Å²) in [5.74, 6) is 0.490. The molecule has 1 amide bonds. The lowest BCUT2D eigenvalue weighted by molar-refractivity contribution is -0.116. The number of thiophene rings is 1. The van der Waals surface area contributed by atoms with Crippen molar-refractivity contribution in [3.63, 3.8) is 0 Å². The summed E-state index contributed by atoms with van der Waals surface area (Å²) in [6.07, 6.45) is 4.55. The summed E-state index contributed by atoms with van der Waals surface area (Å²) in [5.41, 5.74) is 0. The zero-order valence-corrected chi connectivity index (χ0v) is 8.88. The first kappa shape index (κ1) is 9.92. The van der Waals surface area contributed by atoms with E-state index in [-0.39, 0.29) is 5.91 Å². The van der Waals surface area contributed by atoms with Crippen molar-refractivity contribution in [1.82, 2.24) is 9.97 Å². The minimum Gasteiger partial charge on any atom is -0.331 e. The van der Waals surface area contributed by atoms with E-state index in [1.54, 1.807) is 23.7 Å². The predicted molar refractivity (Wildman–Crippen MR) is 59.9 cm³/mol. The molecule has 0 aliphatic heterocycles. The third kappa shape index (κ3) is 2.92. The van der Waals surface area contributed by atoms with Crippen molar-refractivity contribution in [3.05, 3.63) is 34.8 Å². The second-order valence-corrected chi connectivity index (χ2v) is 4.10. The molecular formula is C10H11N3OS. The van der Waals surface area contributed by atoms with E-state index in [1.165, 1.54) is 4.88 Å². The van der Waals surface area contributed by atoms with E-state index >= 15 is 0 Å². The van der Waals surface area contributed by atoms with Gasteiger partial charge in [0, 0.05) is 23.7 Å². The SMILES string of the molecule is O=C(CCc1cccs1)Nc1ncc[nH]1. The van der Waals surface area contributed by atoms with Crippen molar-refractivity contribution >= 4 is 23.2 Å². The zero-order chi connectivity index (χ0) is 10.5. The van der Waals surface area contributed by atoms with Crippen molar-refractivity contribution in [1.29, 1.82) is 0 Å². The number of amides is 1. The van der Waals surface area contributed by atoms with Crippen LogP contribution < -0.4 is 5.32 Å². The van der Waals surface area contributed by atoms with Crippen LogP contribution in [0.5, 0.6) is 0 Å². The standard InChI is InChI=1S/C10H11N3OS/c14-9(13-10-11-5-6-12-10)4-3-8-2-1-7-15-8/h1-2,5-7H,3-4H2,(H2,11,12,13,14). The fourth-order valence-corrected chi connectivity index (χ4v) is 1.93. The first-order chi connectivity index (χ1) is 7.34. The molecule has 0 saturated carbocycles. The molecule has 0 spiro atoms. The molecule has 0 aromatic carbocycles. The molecule has 0 atom stereocenters. The first-order valence-corrected chi connectivity index (χ1v) is 5.54. The summed E-state index contributed by atoms with van der Waals surface area (Å²) >= 11 is 1.67. The number of aromatic nitrogens is 2. The van der Waals surface area contributed by atoms with Gasteiger partial charge in [-0.05, 0) is 17.9 Å². The third-order valence-corrected chi connectivity index (χ3v) is 2.87. The largest absolute Gasteiger partial charge is 0.331 e. The predicted octanol–water partition coefficient (Wildman–Crippen LogP) is 2.04. The fourth-order valence-electron chi connectivity index (χ4n) is 1.22. The highest BCUT2D eigenvalue weighted by Crippen LogP contribution is 2.11. The highest BCUT2D eigenvalue weighted by Gasteiger charge is 2.04. The lowest BCUT2D eigenvalue weighted by Crippen LogP contribution is -2.12. The average molecular weight is 221 g/mol. The molecule has 2 heterocycles. The Morgan fingerprint density at radius 3 is 3.20 bits per heavy atom. The van der Waals surface area contributed by atoms with E-state index in [2.05, 4.69) is 15.3 Å². The van der Waals surface area contributed by atoms with Crippen molar-refractivity contribution in [2.75, 3.05) is 5.32 Å². The molecule has 2 N–H and O–H groups in total. The number of carbonyl (C=O) groups is 1. The van der Waals surface area contributed by atoms with Crippen molar-refractivity contribution in [3.8, 4) is 0 Å². The van der Waals surface area contributed by atoms with E-state index in [0.717, 1.165) is 6.42 Å². The number of aryl methyl sites for hydroxylation is 1. The Morgan fingerprint density at radius 2 is 2.53 bits per heavy atom. The smallest absolute Gasteiger partial charge is 0.227 e. The van der Waals surface area contributed by atoms with E-state index in [0.29, 0.717) is 12.4 Å². The van der Waals surface area contributed by atoms with Gasteiger partial charge >= 0.3 is 0 Å². The van der Waals surface area contributed by atoms with Gasteiger partial charge in [0.05, 0.1) is 0 Å². The van der Waals surface area contributed by atoms with Gasteiger partial charge < -0.3 is 4.98 Å². The van der Waals surface area contributed by atoms with Crippen LogP contribution in [0.1, 0.15) is 11.3 Å². The van der Waals surface area contributed by atoms with Gasteiger partial charge in [0.1, 0.15) is 0 Å². The van der Waals surface area contributed by atoms with E-state index in [9.17, 15) is 4.79 Å². The Morgan fingerprint density at radius 1 is 1.60 bits per heavy atom. The van der Waals surface area contributed by atoms with Crippen molar-refractivity contribution in [2.45, 2.75) is 12.8 Å². The van der Waals surface area contributed by atoms with E-state index in [4.69, 9.17) is 0 Å². The molecule has 2 rings (SSSR count). The van der Waals surface area contributed by atoms with Crippen LogP contribution >= 0.6 is 11.3 Å². The molecule has 78 valence electrons. The summed E-state index contributed by atoms with van der Waals surface area (Å²) in [5, 5.41) is 4.70. The minimum atomic E-state index is -0.0154. The van der Waals surface area contributed by atoms with Crippen molar-refractivity contribution < 1.29 is 4.79 Å². The Labute approximate surface area is 91.4 Å². The number of imidazole rings is 1. The third-order valence-electron chi connectivity index (χ3n) is 1.93. The van der Waals surface area contributed by atoms with Gasteiger partial charge in [0.2, 0.25) is 11.9 Å². The Hall–Kier alpha value is -1.62. The van der Waals surface area contributed by atoms with Crippen LogP contribution in [-0.2, 0) is 11.2 Å². The maximum Gasteiger partial charge on any atom is 0.227 e. The Kier molecular flexibility index (Phi) is 3.14. The number of anilines is 1. The van der Waals surface area contributed by atoms with Gasteiger partial charge in [-0.3, -0.25) is 10.1 Å². The van der Waals surface area contributed by atoms with Gasteiger partial charge in [-0.2, -0.15) is 0 Å². The van der Waals surface area contributed by atoms with Crippen LogP contribution in [0.3, 0.4) is 0 Å². The molecule has 0 aliphatic rings. The number of hydrogen-bond acceptors (Lipinski definition) is 3. The summed E-state index contributed by atoms with van der Waals surface area (Å²) in [7, 11) is 0. The molecule has 4 nitrogen and oxygen atoms in total. The Balaban J connectivity index is 1.78. The van der Waals surface area contributed by atoms with Gasteiger partial charge in [-0.25, -0.2) is 4.98 Å². The van der Waals surface area contributed by atoms with Gasteiger partial charge in [-0.1, -0.05) is 6.07 Å². The maximum atomic E-state index is 11.4. The number of nitrogens with zero attached hydrogens (tertiary/aromatic N) is 1. The summed E-state index contributed by atoms with van der Waals surface area (Å²) < 4.78 is 0. The molecule has 2 aromatic heterocycles.